The van der Waals surface area contributed by atoms with E-state index in [1.807, 2.05) is 38.2 Å². The number of benzene rings is 2. The molecule has 2 atom stereocenters. The topological polar surface area (TPSA) is 79.9 Å². The lowest BCUT2D eigenvalue weighted by atomic mass is 9.81. The van der Waals surface area contributed by atoms with Crippen molar-refractivity contribution in [3.8, 4) is 5.75 Å². The van der Waals surface area contributed by atoms with Crippen LogP contribution in [0.1, 0.15) is 50.1 Å². The SMILES string of the molecule is CC(C)N(C)CCCN1C(=O)N2C(c3cccc(O)c3)c3[nH]c4ccc(Cl)cc4c3CC2(C)C1=O. The molecule has 0 spiro atoms. The lowest BCUT2D eigenvalue weighted by Crippen LogP contribution is -2.53. The summed E-state index contributed by atoms with van der Waals surface area (Å²) in [7, 11) is 2.05. The van der Waals surface area contributed by atoms with Crippen LogP contribution in [-0.4, -0.2) is 68.4 Å². The molecule has 2 aromatic carbocycles. The molecule has 0 saturated carbocycles. The summed E-state index contributed by atoms with van der Waals surface area (Å²) >= 11 is 6.33. The van der Waals surface area contributed by atoms with Gasteiger partial charge in [-0.1, -0.05) is 23.7 Å². The smallest absolute Gasteiger partial charge is 0.328 e. The monoisotopic (exact) mass is 494 g/mol. The van der Waals surface area contributed by atoms with Gasteiger partial charge in [0.15, 0.2) is 0 Å². The van der Waals surface area contributed by atoms with Crippen molar-refractivity contribution in [3.63, 3.8) is 0 Å². The molecule has 3 amide bonds. The van der Waals surface area contributed by atoms with Crippen molar-refractivity contribution >= 4 is 34.4 Å². The fraction of sp³-hybridized carbons (Fsp3) is 0.407. The van der Waals surface area contributed by atoms with E-state index >= 15 is 0 Å². The first kappa shape index (κ1) is 23.7. The minimum Gasteiger partial charge on any atom is -0.508 e. The Labute approximate surface area is 210 Å². The van der Waals surface area contributed by atoms with E-state index in [9.17, 15) is 14.7 Å². The molecule has 2 N–H and O–H groups in total. The Bertz CT molecular complexity index is 1320. The van der Waals surface area contributed by atoms with Crippen molar-refractivity contribution in [2.24, 2.45) is 0 Å². The molecule has 1 saturated heterocycles. The van der Waals surface area contributed by atoms with E-state index in [1.165, 1.54) is 4.90 Å². The first-order chi connectivity index (χ1) is 16.6. The molecule has 1 aromatic heterocycles. The largest absolute Gasteiger partial charge is 0.508 e. The number of aromatic hydroxyl groups is 1. The van der Waals surface area contributed by atoms with Crippen LogP contribution in [0.4, 0.5) is 4.79 Å². The first-order valence-electron chi connectivity index (χ1n) is 12.1. The molecule has 2 aliphatic rings. The normalized spacial score (nSPS) is 22.0. The molecule has 1 fully saturated rings. The third kappa shape index (κ3) is 3.78. The predicted molar refractivity (Wildman–Crippen MR) is 137 cm³/mol. The number of aromatic nitrogens is 1. The molecule has 8 heteroatoms. The average molecular weight is 495 g/mol. The Morgan fingerprint density at radius 1 is 1.23 bits per heavy atom. The van der Waals surface area contributed by atoms with Crippen molar-refractivity contribution in [2.45, 2.75) is 51.2 Å². The Balaban J connectivity index is 1.59. The van der Waals surface area contributed by atoms with Crippen LogP contribution >= 0.6 is 11.6 Å². The number of hydrogen-bond donors (Lipinski definition) is 2. The number of phenols is 1. The number of nitrogens with zero attached hydrogens (tertiary/aromatic N) is 3. The summed E-state index contributed by atoms with van der Waals surface area (Å²) in [6.45, 7) is 7.27. The van der Waals surface area contributed by atoms with Gasteiger partial charge in [-0.05, 0) is 82.2 Å². The number of hydrogen-bond acceptors (Lipinski definition) is 4. The number of imide groups is 1. The van der Waals surface area contributed by atoms with Crippen molar-refractivity contribution in [1.82, 2.24) is 19.7 Å². The third-order valence-corrected chi connectivity index (χ3v) is 7.82. The van der Waals surface area contributed by atoms with Crippen molar-refractivity contribution in [3.05, 3.63) is 64.3 Å². The quantitative estimate of drug-likeness (QED) is 0.476. The number of urea groups is 1. The number of carbonyl (C=O) groups is 2. The van der Waals surface area contributed by atoms with Crippen LogP contribution in [0, 0.1) is 0 Å². The Hall–Kier alpha value is -3.03. The van der Waals surface area contributed by atoms with Gasteiger partial charge in [0.05, 0.1) is 0 Å². The highest BCUT2D eigenvalue weighted by Gasteiger charge is 2.60. The lowest BCUT2D eigenvalue weighted by molar-refractivity contribution is -0.133. The molecular formula is C27H31ClN4O3. The van der Waals surface area contributed by atoms with E-state index in [0.717, 1.165) is 34.3 Å². The van der Waals surface area contributed by atoms with Gasteiger partial charge in [0.1, 0.15) is 17.3 Å². The maximum Gasteiger partial charge on any atom is 0.328 e. The maximum absolute atomic E-state index is 13.8. The van der Waals surface area contributed by atoms with Crippen molar-refractivity contribution < 1.29 is 14.7 Å². The standard InChI is InChI=1S/C27H31ClN4O3/c1-16(2)30(4)11-6-12-31-25(34)27(3)15-21-20-14-18(28)9-10-22(20)29-23(21)24(32(27)26(31)35)17-7-5-8-19(33)13-17/h5,7-10,13-14,16,24,29,33H,6,11-12,15H2,1-4H3. The number of H-pyrrole nitrogens is 1. The summed E-state index contributed by atoms with van der Waals surface area (Å²) in [6, 6.07) is 12.1. The molecule has 35 heavy (non-hydrogen) atoms. The number of carbonyl (C=O) groups excluding carboxylic acids is 2. The fourth-order valence-electron chi connectivity index (χ4n) is 5.46. The fourth-order valence-corrected chi connectivity index (χ4v) is 5.63. The van der Waals surface area contributed by atoms with Gasteiger partial charge in [0.25, 0.3) is 5.91 Å². The zero-order valence-corrected chi connectivity index (χ0v) is 21.3. The summed E-state index contributed by atoms with van der Waals surface area (Å²) in [5.41, 5.74) is 2.45. The molecule has 3 heterocycles. The van der Waals surface area contributed by atoms with Gasteiger partial charge in [-0.2, -0.15) is 0 Å². The van der Waals surface area contributed by atoms with Crippen LogP contribution in [0.25, 0.3) is 10.9 Å². The summed E-state index contributed by atoms with van der Waals surface area (Å²) in [6.07, 6.45) is 1.10. The van der Waals surface area contributed by atoms with Gasteiger partial charge < -0.3 is 15.0 Å². The second-order valence-electron chi connectivity index (χ2n) is 10.2. The van der Waals surface area contributed by atoms with E-state index < -0.39 is 11.6 Å². The Morgan fingerprint density at radius 2 is 2.00 bits per heavy atom. The summed E-state index contributed by atoms with van der Waals surface area (Å²) < 4.78 is 0. The van der Waals surface area contributed by atoms with Crippen molar-refractivity contribution in [1.29, 1.82) is 0 Å². The average Bonchev–Trinajstić information content (AvgIpc) is 3.24. The van der Waals surface area contributed by atoms with Crippen LogP contribution < -0.4 is 0 Å². The molecule has 5 rings (SSSR count). The van der Waals surface area contributed by atoms with E-state index in [0.29, 0.717) is 30.5 Å². The highest BCUT2D eigenvalue weighted by Crippen LogP contribution is 2.49. The minimum atomic E-state index is -1.04. The molecule has 184 valence electrons. The van der Waals surface area contributed by atoms with Gasteiger partial charge in [-0.3, -0.25) is 14.6 Å². The molecule has 7 nitrogen and oxygen atoms in total. The molecule has 2 unspecified atom stereocenters. The molecule has 0 radical (unpaired) electrons. The van der Waals surface area contributed by atoms with E-state index in [2.05, 4.69) is 23.7 Å². The maximum atomic E-state index is 13.8. The Morgan fingerprint density at radius 3 is 2.71 bits per heavy atom. The van der Waals surface area contributed by atoms with Crippen molar-refractivity contribution in [2.75, 3.05) is 20.1 Å². The minimum absolute atomic E-state index is 0.113. The molecule has 0 bridgehead atoms. The number of amides is 3. The van der Waals surface area contributed by atoms with E-state index in [-0.39, 0.29) is 17.7 Å². The van der Waals surface area contributed by atoms with Crippen LogP contribution in [-0.2, 0) is 11.2 Å². The second-order valence-corrected chi connectivity index (χ2v) is 10.6. The van der Waals surface area contributed by atoms with Gasteiger partial charge >= 0.3 is 6.03 Å². The number of fused-ring (bicyclic) bond motifs is 4. The highest BCUT2D eigenvalue weighted by molar-refractivity contribution is 6.31. The van der Waals surface area contributed by atoms with Crippen LogP contribution in [0.5, 0.6) is 5.75 Å². The second kappa shape index (κ2) is 8.57. The predicted octanol–water partition coefficient (Wildman–Crippen LogP) is 4.93. The molecule has 2 aliphatic heterocycles. The number of nitrogens with one attached hydrogen (secondary N) is 1. The Kier molecular flexibility index (Phi) is 5.80. The third-order valence-electron chi connectivity index (χ3n) is 7.59. The van der Waals surface area contributed by atoms with Crippen LogP contribution in [0.3, 0.4) is 0 Å². The van der Waals surface area contributed by atoms with E-state index in [1.54, 1.807) is 23.1 Å². The zero-order chi connectivity index (χ0) is 25.1. The summed E-state index contributed by atoms with van der Waals surface area (Å²) in [4.78, 5) is 36.5. The van der Waals surface area contributed by atoms with Gasteiger partial charge in [-0.15, -0.1) is 0 Å². The lowest BCUT2D eigenvalue weighted by Gasteiger charge is -2.42. The summed E-state index contributed by atoms with van der Waals surface area (Å²) in [5.74, 6) is -0.0658. The molecule has 0 aliphatic carbocycles. The summed E-state index contributed by atoms with van der Waals surface area (Å²) in [5, 5.41) is 11.8. The van der Waals surface area contributed by atoms with Crippen LogP contribution in [0.15, 0.2) is 42.5 Å². The van der Waals surface area contributed by atoms with Gasteiger partial charge in [-0.25, -0.2) is 4.79 Å². The number of aromatic amines is 1. The highest BCUT2D eigenvalue weighted by atomic mass is 35.5. The number of rotatable bonds is 6. The number of phenolic OH excluding ortho intramolecular Hbond substituents is 1. The molecular weight excluding hydrogens is 464 g/mol. The first-order valence-corrected chi connectivity index (χ1v) is 12.4. The van der Waals surface area contributed by atoms with Crippen LogP contribution in [0.2, 0.25) is 5.02 Å². The van der Waals surface area contributed by atoms with Gasteiger partial charge in [0.2, 0.25) is 0 Å². The van der Waals surface area contributed by atoms with E-state index in [4.69, 9.17) is 11.6 Å². The zero-order valence-electron chi connectivity index (χ0n) is 20.5. The molecule has 3 aromatic rings. The van der Waals surface area contributed by atoms with Gasteiger partial charge in [0, 0.05) is 40.6 Å². The number of halogens is 1.